The first-order chi connectivity index (χ1) is 17.2. The van der Waals surface area contributed by atoms with Crippen LogP contribution in [0.3, 0.4) is 0 Å². The summed E-state index contributed by atoms with van der Waals surface area (Å²) in [6.07, 6.45) is 0.119. The molecule has 186 valence electrons. The van der Waals surface area contributed by atoms with Crippen LogP contribution in [-0.2, 0) is 30.8 Å². The largest absolute Gasteiger partial charge is 0.326 e. The number of imide groups is 1. The van der Waals surface area contributed by atoms with Crippen LogP contribution in [0.5, 0.6) is 0 Å². The van der Waals surface area contributed by atoms with Crippen molar-refractivity contribution in [3.05, 3.63) is 88.0 Å². The van der Waals surface area contributed by atoms with Crippen LogP contribution in [0.25, 0.3) is 0 Å². The van der Waals surface area contributed by atoms with Crippen LogP contribution in [0.1, 0.15) is 18.9 Å². The normalized spacial score (nSPS) is 16.0. The fourth-order valence-electron chi connectivity index (χ4n) is 4.08. The van der Waals surface area contributed by atoms with Gasteiger partial charge in [-0.05, 0) is 83.1 Å². The molecule has 0 bridgehead atoms. The molecule has 1 unspecified atom stereocenters. The second-order valence-electron chi connectivity index (χ2n) is 8.32. The van der Waals surface area contributed by atoms with E-state index in [2.05, 4.69) is 27.9 Å². The molecule has 4 rings (SSSR count). The second-order valence-corrected chi connectivity index (χ2v) is 11.5. The number of carbonyl (C=O) groups is 3. The van der Waals surface area contributed by atoms with Crippen LogP contribution >= 0.6 is 22.6 Å². The van der Waals surface area contributed by atoms with Gasteiger partial charge in [0.2, 0.25) is 21.8 Å². The Morgan fingerprint density at radius 2 is 1.64 bits per heavy atom. The van der Waals surface area contributed by atoms with Gasteiger partial charge in [-0.3, -0.25) is 14.4 Å². The average Bonchev–Trinajstić information content (AvgIpc) is 3.14. The lowest BCUT2D eigenvalue weighted by Crippen LogP contribution is -2.46. The van der Waals surface area contributed by atoms with Crippen molar-refractivity contribution in [2.45, 2.75) is 30.7 Å². The van der Waals surface area contributed by atoms with Crippen molar-refractivity contribution < 1.29 is 22.8 Å². The average molecular weight is 617 g/mol. The van der Waals surface area contributed by atoms with Crippen LogP contribution in [0.2, 0.25) is 0 Å². The smallest absolute Gasteiger partial charge is 0.252 e. The minimum atomic E-state index is -4.15. The summed E-state index contributed by atoms with van der Waals surface area (Å²) in [6, 6.07) is 20.8. The molecule has 0 aliphatic carbocycles. The van der Waals surface area contributed by atoms with Crippen molar-refractivity contribution in [2.24, 2.45) is 0 Å². The number of halogens is 1. The first-order valence-electron chi connectivity index (χ1n) is 11.2. The molecule has 1 aliphatic heterocycles. The fraction of sp³-hybridized carbons (Fsp3) is 0.192. The van der Waals surface area contributed by atoms with E-state index < -0.39 is 27.9 Å². The first kappa shape index (κ1) is 26.0. The van der Waals surface area contributed by atoms with E-state index >= 15 is 0 Å². The van der Waals surface area contributed by atoms with Gasteiger partial charge >= 0.3 is 0 Å². The molecule has 1 N–H and O–H groups in total. The predicted molar refractivity (Wildman–Crippen MR) is 145 cm³/mol. The van der Waals surface area contributed by atoms with Gasteiger partial charge in [0.1, 0.15) is 6.04 Å². The molecule has 3 amide bonds. The summed E-state index contributed by atoms with van der Waals surface area (Å²) in [5.74, 6) is -1.30. The van der Waals surface area contributed by atoms with Crippen molar-refractivity contribution in [3.8, 4) is 0 Å². The highest BCUT2D eigenvalue weighted by Gasteiger charge is 2.46. The number of carbonyl (C=O) groups excluding carboxylic acids is 3. The number of nitrogens with one attached hydrogen (secondary N) is 1. The van der Waals surface area contributed by atoms with E-state index in [0.717, 1.165) is 18.3 Å². The van der Waals surface area contributed by atoms with Crippen molar-refractivity contribution >= 4 is 61.7 Å². The molecule has 3 aromatic rings. The number of nitrogens with zero attached hydrogens (tertiary/aromatic N) is 2. The van der Waals surface area contributed by atoms with E-state index in [9.17, 15) is 22.8 Å². The van der Waals surface area contributed by atoms with Gasteiger partial charge in [-0.1, -0.05) is 30.3 Å². The zero-order valence-corrected chi connectivity index (χ0v) is 22.4. The predicted octanol–water partition coefficient (Wildman–Crippen LogP) is 3.82. The zero-order valence-electron chi connectivity index (χ0n) is 19.4. The third kappa shape index (κ3) is 5.66. The molecule has 0 radical (unpaired) electrons. The topological polar surface area (TPSA) is 104 Å². The van der Waals surface area contributed by atoms with Crippen molar-refractivity contribution in [2.75, 3.05) is 16.8 Å². The highest BCUT2D eigenvalue weighted by Crippen LogP contribution is 2.30. The molecule has 10 heteroatoms. The molecular weight excluding hydrogens is 593 g/mol. The van der Waals surface area contributed by atoms with E-state index in [1.165, 1.54) is 31.2 Å². The van der Waals surface area contributed by atoms with Gasteiger partial charge in [-0.25, -0.2) is 13.3 Å². The van der Waals surface area contributed by atoms with Gasteiger partial charge in [0.05, 0.1) is 17.0 Å². The van der Waals surface area contributed by atoms with Gasteiger partial charge in [0.15, 0.2) is 0 Å². The lowest BCUT2D eigenvalue weighted by molar-refractivity contribution is -0.122. The number of rotatable bonds is 8. The molecule has 8 nitrogen and oxygen atoms in total. The molecule has 0 spiro atoms. The Kier molecular flexibility index (Phi) is 7.86. The van der Waals surface area contributed by atoms with E-state index in [0.29, 0.717) is 17.8 Å². The molecule has 36 heavy (non-hydrogen) atoms. The SMILES string of the molecule is CC(=O)Nc1ccc(S(=O)(=O)N(CCc2ccccc2)C2CC(=O)N(c3ccc(I)cc3)C2=O)cc1. The Labute approximate surface area is 223 Å². The summed E-state index contributed by atoms with van der Waals surface area (Å²) in [5, 5.41) is 2.60. The standard InChI is InChI=1S/C26H24IN3O5S/c1-18(31)28-21-9-13-23(14-10-21)36(34,35)29(16-15-19-5-3-2-4-6-19)24-17-25(32)30(26(24)33)22-11-7-20(27)8-12-22/h2-14,24H,15-17H2,1H3,(H,28,31). The maximum atomic E-state index is 13.8. The Morgan fingerprint density at radius 1 is 1.00 bits per heavy atom. The molecule has 1 saturated heterocycles. The first-order valence-corrected chi connectivity index (χ1v) is 13.7. The molecule has 0 saturated carbocycles. The van der Waals surface area contributed by atoms with Crippen molar-refractivity contribution in [1.29, 1.82) is 0 Å². The number of hydrogen-bond donors (Lipinski definition) is 1. The molecule has 1 fully saturated rings. The zero-order chi connectivity index (χ0) is 25.9. The van der Waals surface area contributed by atoms with Gasteiger partial charge in [-0.2, -0.15) is 4.31 Å². The minimum Gasteiger partial charge on any atom is -0.326 e. The summed E-state index contributed by atoms with van der Waals surface area (Å²) in [5.41, 5.74) is 1.77. The lowest BCUT2D eigenvalue weighted by atomic mass is 10.1. The summed E-state index contributed by atoms with van der Waals surface area (Å²) in [7, 11) is -4.15. The van der Waals surface area contributed by atoms with Crippen LogP contribution in [0, 0.1) is 3.57 Å². The maximum Gasteiger partial charge on any atom is 0.252 e. The molecule has 1 heterocycles. The lowest BCUT2D eigenvalue weighted by Gasteiger charge is -2.27. The van der Waals surface area contributed by atoms with Crippen LogP contribution in [-0.4, -0.2) is 43.0 Å². The number of hydrogen-bond acceptors (Lipinski definition) is 5. The number of benzene rings is 3. The number of anilines is 2. The maximum absolute atomic E-state index is 13.8. The summed E-state index contributed by atoms with van der Waals surface area (Å²) in [4.78, 5) is 38.7. The summed E-state index contributed by atoms with van der Waals surface area (Å²) in [6.45, 7) is 1.38. The van der Waals surface area contributed by atoms with E-state index in [1.54, 1.807) is 24.3 Å². The van der Waals surface area contributed by atoms with Crippen LogP contribution < -0.4 is 10.2 Å². The Morgan fingerprint density at radius 3 is 2.25 bits per heavy atom. The Bertz CT molecular complexity index is 1380. The molecule has 1 aliphatic rings. The van der Waals surface area contributed by atoms with E-state index in [1.807, 2.05) is 30.3 Å². The second kappa shape index (κ2) is 10.9. The molecule has 1 atom stereocenters. The van der Waals surface area contributed by atoms with Gasteiger partial charge in [0, 0.05) is 22.7 Å². The highest BCUT2D eigenvalue weighted by molar-refractivity contribution is 14.1. The molecular formula is C26H24IN3O5S. The number of sulfonamides is 1. The quantitative estimate of drug-likeness (QED) is 0.306. The van der Waals surface area contributed by atoms with Gasteiger partial charge in [-0.15, -0.1) is 0 Å². The number of amides is 3. The van der Waals surface area contributed by atoms with Crippen LogP contribution in [0.15, 0.2) is 83.8 Å². The summed E-state index contributed by atoms with van der Waals surface area (Å²) >= 11 is 2.13. The highest BCUT2D eigenvalue weighted by atomic mass is 127. The third-order valence-corrected chi connectivity index (χ3v) is 8.44. The van der Waals surface area contributed by atoms with Crippen molar-refractivity contribution in [3.63, 3.8) is 0 Å². The molecule has 0 aromatic heterocycles. The minimum absolute atomic E-state index is 0.0179. The van der Waals surface area contributed by atoms with Crippen molar-refractivity contribution in [1.82, 2.24) is 4.31 Å². The van der Waals surface area contributed by atoms with Gasteiger partial charge in [0.25, 0.3) is 5.91 Å². The van der Waals surface area contributed by atoms with E-state index in [-0.39, 0.29) is 23.8 Å². The van der Waals surface area contributed by atoms with Gasteiger partial charge < -0.3 is 5.32 Å². The Balaban J connectivity index is 1.67. The monoisotopic (exact) mass is 617 g/mol. The summed E-state index contributed by atoms with van der Waals surface area (Å²) < 4.78 is 29.6. The Hall–Kier alpha value is -3.09. The molecule has 3 aromatic carbocycles. The van der Waals surface area contributed by atoms with E-state index in [4.69, 9.17) is 0 Å². The third-order valence-electron chi connectivity index (χ3n) is 5.80. The fourth-order valence-corrected chi connectivity index (χ4v) is 6.02. The van der Waals surface area contributed by atoms with Crippen LogP contribution in [0.4, 0.5) is 11.4 Å².